The van der Waals surface area contributed by atoms with Crippen molar-refractivity contribution in [3.8, 4) is 11.6 Å². The molecule has 0 saturated carbocycles. The number of hydrogen-bond donors (Lipinski definition) is 1. The maximum atomic E-state index is 9.15. The van der Waals surface area contributed by atoms with Gasteiger partial charge in [0.2, 0.25) is 5.88 Å². The first-order valence-corrected chi connectivity index (χ1v) is 6.30. The Morgan fingerprint density at radius 1 is 1.40 bits per heavy atom. The topological polar surface area (TPSA) is 72.5 Å². The van der Waals surface area contributed by atoms with Crippen molar-refractivity contribution in [3.63, 3.8) is 0 Å². The molecule has 0 aliphatic rings. The summed E-state index contributed by atoms with van der Waals surface area (Å²) in [7, 11) is 0. The summed E-state index contributed by atoms with van der Waals surface area (Å²) in [5, 5.41) is 13.5. The molecule has 6 nitrogen and oxygen atoms in total. The van der Waals surface area contributed by atoms with Gasteiger partial charge in [-0.1, -0.05) is 23.7 Å². The molecule has 0 fully saturated rings. The zero-order chi connectivity index (χ0) is 14.1. The summed E-state index contributed by atoms with van der Waals surface area (Å²) in [6.45, 7) is 1.74. The van der Waals surface area contributed by atoms with Crippen LogP contribution in [0.3, 0.4) is 0 Å². The third kappa shape index (κ3) is 2.19. The Kier molecular flexibility index (Phi) is 3.25. The fourth-order valence-electron chi connectivity index (χ4n) is 1.81. The van der Waals surface area contributed by atoms with Crippen molar-refractivity contribution < 1.29 is 9.84 Å². The van der Waals surface area contributed by atoms with Crippen molar-refractivity contribution in [2.24, 2.45) is 0 Å². The van der Waals surface area contributed by atoms with E-state index in [1.807, 2.05) is 6.07 Å². The first-order valence-electron chi connectivity index (χ1n) is 5.92. The van der Waals surface area contributed by atoms with Crippen LogP contribution in [0.2, 0.25) is 5.15 Å². The second-order valence-electron chi connectivity index (χ2n) is 4.21. The number of aliphatic hydroxyl groups is 1. The number of aromatic nitrogens is 4. The summed E-state index contributed by atoms with van der Waals surface area (Å²) >= 11 is 6.06. The van der Waals surface area contributed by atoms with E-state index in [1.165, 1.54) is 10.8 Å². The molecule has 0 spiro atoms. The number of hydrogen-bond acceptors (Lipinski definition) is 5. The predicted molar refractivity (Wildman–Crippen MR) is 73.0 cm³/mol. The van der Waals surface area contributed by atoms with Crippen LogP contribution in [0.5, 0.6) is 11.6 Å². The van der Waals surface area contributed by atoms with Crippen LogP contribution in [-0.2, 0) is 6.61 Å². The van der Waals surface area contributed by atoms with E-state index in [4.69, 9.17) is 21.4 Å². The summed E-state index contributed by atoms with van der Waals surface area (Å²) in [4.78, 5) is 8.10. The number of nitrogens with zero attached hydrogens (tertiary/aromatic N) is 4. The molecule has 0 bridgehead atoms. The van der Waals surface area contributed by atoms with Gasteiger partial charge in [0.1, 0.15) is 17.2 Å². The second-order valence-corrected chi connectivity index (χ2v) is 4.57. The van der Waals surface area contributed by atoms with E-state index in [0.717, 1.165) is 5.56 Å². The average molecular weight is 291 g/mol. The Morgan fingerprint density at radius 2 is 2.25 bits per heavy atom. The summed E-state index contributed by atoms with van der Waals surface area (Å²) < 4.78 is 7.31. The fraction of sp³-hybridized carbons (Fsp3) is 0.154. The third-order valence-corrected chi connectivity index (χ3v) is 3.21. The standard InChI is InChI=1S/C13H11ClN4O2/c1-8-11(14)17-13-15-7-16-18(13)12(8)20-10-4-2-3-9(5-10)6-19/h2-5,7,19H,6H2,1H3. The van der Waals surface area contributed by atoms with Crippen LogP contribution in [0.4, 0.5) is 0 Å². The van der Waals surface area contributed by atoms with Crippen LogP contribution in [0.1, 0.15) is 11.1 Å². The summed E-state index contributed by atoms with van der Waals surface area (Å²) in [6.07, 6.45) is 1.38. The monoisotopic (exact) mass is 290 g/mol. The van der Waals surface area contributed by atoms with Crippen molar-refractivity contribution in [2.75, 3.05) is 0 Å². The van der Waals surface area contributed by atoms with E-state index >= 15 is 0 Å². The van der Waals surface area contributed by atoms with E-state index in [0.29, 0.717) is 28.1 Å². The lowest BCUT2D eigenvalue weighted by Gasteiger charge is -2.11. The molecule has 0 radical (unpaired) electrons. The minimum absolute atomic E-state index is 0.0496. The molecule has 20 heavy (non-hydrogen) atoms. The second kappa shape index (κ2) is 5.07. The van der Waals surface area contributed by atoms with Gasteiger partial charge in [-0.05, 0) is 24.6 Å². The van der Waals surface area contributed by atoms with E-state index in [1.54, 1.807) is 25.1 Å². The molecule has 0 aliphatic heterocycles. The molecule has 2 aromatic heterocycles. The normalized spacial score (nSPS) is 10.9. The highest BCUT2D eigenvalue weighted by molar-refractivity contribution is 6.30. The van der Waals surface area contributed by atoms with Gasteiger partial charge in [-0.3, -0.25) is 0 Å². The number of aliphatic hydroxyl groups excluding tert-OH is 1. The molecule has 2 heterocycles. The highest BCUT2D eigenvalue weighted by Gasteiger charge is 2.14. The van der Waals surface area contributed by atoms with Crippen molar-refractivity contribution >= 4 is 17.4 Å². The molecular formula is C13H11ClN4O2. The lowest BCUT2D eigenvalue weighted by atomic mass is 10.2. The van der Waals surface area contributed by atoms with Gasteiger partial charge in [-0.25, -0.2) is 0 Å². The maximum Gasteiger partial charge on any atom is 0.256 e. The third-order valence-electron chi connectivity index (χ3n) is 2.85. The van der Waals surface area contributed by atoms with Gasteiger partial charge in [0.05, 0.1) is 6.61 Å². The van der Waals surface area contributed by atoms with Crippen molar-refractivity contribution in [2.45, 2.75) is 13.5 Å². The number of rotatable bonds is 3. The van der Waals surface area contributed by atoms with Crippen molar-refractivity contribution in [1.82, 2.24) is 19.6 Å². The first-order chi connectivity index (χ1) is 9.69. The zero-order valence-electron chi connectivity index (χ0n) is 10.6. The van der Waals surface area contributed by atoms with Gasteiger partial charge < -0.3 is 9.84 Å². The molecule has 0 unspecified atom stereocenters. The first kappa shape index (κ1) is 12.8. The largest absolute Gasteiger partial charge is 0.438 e. The average Bonchev–Trinajstić information content (AvgIpc) is 2.92. The van der Waals surface area contributed by atoms with Crippen LogP contribution < -0.4 is 4.74 Å². The number of halogens is 1. The molecule has 0 aliphatic carbocycles. The highest BCUT2D eigenvalue weighted by atomic mass is 35.5. The van der Waals surface area contributed by atoms with Crippen LogP contribution >= 0.6 is 11.6 Å². The Balaban J connectivity index is 2.09. The van der Waals surface area contributed by atoms with Gasteiger partial charge in [0.25, 0.3) is 5.78 Å². The van der Waals surface area contributed by atoms with E-state index < -0.39 is 0 Å². The molecule has 0 amide bonds. The van der Waals surface area contributed by atoms with Crippen LogP contribution in [0, 0.1) is 6.92 Å². The van der Waals surface area contributed by atoms with Crippen LogP contribution in [-0.4, -0.2) is 24.7 Å². The maximum absolute atomic E-state index is 9.15. The summed E-state index contributed by atoms with van der Waals surface area (Å²) in [6, 6.07) is 7.15. The molecule has 0 atom stereocenters. The molecule has 0 saturated heterocycles. The molecule has 1 aromatic carbocycles. The molecule has 1 N–H and O–H groups in total. The minimum Gasteiger partial charge on any atom is -0.438 e. The summed E-state index contributed by atoms with van der Waals surface area (Å²) in [5.74, 6) is 1.40. The van der Waals surface area contributed by atoms with Gasteiger partial charge in [0, 0.05) is 5.56 Å². The Hall–Kier alpha value is -2.18. The van der Waals surface area contributed by atoms with E-state index in [-0.39, 0.29) is 6.61 Å². The summed E-state index contributed by atoms with van der Waals surface area (Å²) in [5.41, 5.74) is 1.43. The molecular weight excluding hydrogens is 280 g/mol. The van der Waals surface area contributed by atoms with Crippen LogP contribution in [0.25, 0.3) is 5.78 Å². The minimum atomic E-state index is -0.0496. The highest BCUT2D eigenvalue weighted by Crippen LogP contribution is 2.29. The predicted octanol–water partition coefficient (Wildman–Crippen LogP) is 2.37. The van der Waals surface area contributed by atoms with Gasteiger partial charge in [-0.15, -0.1) is 0 Å². The van der Waals surface area contributed by atoms with Gasteiger partial charge >= 0.3 is 0 Å². The number of benzene rings is 1. The number of fused-ring (bicyclic) bond motifs is 1. The molecule has 3 aromatic rings. The zero-order valence-corrected chi connectivity index (χ0v) is 11.4. The Bertz CT molecular complexity index is 772. The smallest absolute Gasteiger partial charge is 0.256 e. The SMILES string of the molecule is Cc1c(Cl)nc2ncnn2c1Oc1cccc(CO)c1. The Morgan fingerprint density at radius 3 is 3.05 bits per heavy atom. The fourth-order valence-corrected chi connectivity index (χ4v) is 1.97. The lowest BCUT2D eigenvalue weighted by molar-refractivity contribution is 0.281. The van der Waals surface area contributed by atoms with Crippen molar-refractivity contribution in [1.29, 1.82) is 0 Å². The van der Waals surface area contributed by atoms with Crippen molar-refractivity contribution in [3.05, 3.63) is 46.9 Å². The van der Waals surface area contributed by atoms with Crippen LogP contribution in [0.15, 0.2) is 30.6 Å². The molecule has 7 heteroatoms. The van der Waals surface area contributed by atoms with Gasteiger partial charge in [0.15, 0.2) is 0 Å². The van der Waals surface area contributed by atoms with Gasteiger partial charge in [-0.2, -0.15) is 19.6 Å². The Labute approximate surface area is 119 Å². The molecule has 3 rings (SSSR count). The lowest BCUT2D eigenvalue weighted by Crippen LogP contribution is -2.01. The number of ether oxygens (including phenoxy) is 1. The van der Waals surface area contributed by atoms with E-state index in [9.17, 15) is 0 Å². The quantitative estimate of drug-likeness (QED) is 0.750. The molecule has 102 valence electrons. The van der Waals surface area contributed by atoms with E-state index in [2.05, 4.69) is 15.1 Å².